The number of hydrogen-bond acceptors (Lipinski definition) is 3. The van der Waals surface area contributed by atoms with E-state index in [-0.39, 0.29) is 16.3 Å². The molecule has 1 unspecified atom stereocenters. The molecule has 36 heavy (non-hydrogen) atoms. The normalized spacial score (nSPS) is 18.7. The summed E-state index contributed by atoms with van der Waals surface area (Å²) < 4.78 is 14.3. The Morgan fingerprint density at radius 1 is 0.722 bits per heavy atom. The van der Waals surface area contributed by atoms with Crippen LogP contribution in [0.3, 0.4) is 0 Å². The molecule has 0 amide bonds. The van der Waals surface area contributed by atoms with Crippen LogP contribution in [0.1, 0.15) is 27.7 Å². The standard InChI is InChI=1S/C31H26NO3P/c1-30(2)31(3,4)36(35-30)34-21-14-16-27-26(18-21)23-12-8-11-22-25-17-20(19-9-6-5-7-10-19)13-15-24(25)29(33)32(27)28(22)23/h5-18H,1-4H3. The van der Waals surface area contributed by atoms with Crippen molar-refractivity contribution in [2.45, 2.75) is 38.5 Å². The fraction of sp³-hybridized carbons (Fsp3) is 0.194. The van der Waals surface area contributed by atoms with Crippen LogP contribution in [0, 0.1) is 0 Å². The van der Waals surface area contributed by atoms with Gasteiger partial charge in [0.1, 0.15) is 5.75 Å². The largest absolute Gasteiger partial charge is 0.447 e. The first-order valence-corrected chi connectivity index (χ1v) is 13.4. The Morgan fingerprint density at radius 2 is 1.47 bits per heavy atom. The third kappa shape index (κ3) is 2.86. The molecule has 1 aliphatic heterocycles. The second-order valence-corrected chi connectivity index (χ2v) is 12.7. The zero-order chi connectivity index (χ0) is 24.8. The molecule has 6 aromatic rings. The molecule has 0 N–H and O–H groups in total. The van der Waals surface area contributed by atoms with Gasteiger partial charge in [0.05, 0.1) is 21.8 Å². The van der Waals surface area contributed by atoms with Crippen molar-refractivity contribution in [3.05, 3.63) is 95.3 Å². The average Bonchev–Trinajstić information content (AvgIpc) is 3.22. The predicted molar refractivity (Wildman–Crippen MR) is 150 cm³/mol. The summed E-state index contributed by atoms with van der Waals surface area (Å²) in [6, 6.07) is 28.7. The van der Waals surface area contributed by atoms with Crippen molar-refractivity contribution < 1.29 is 9.05 Å². The quantitative estimate of drug-likeness (QED) is 0.185. The topological polar surface area (TPSA) is 39.9 Å². The van der Waals surface area contributed by atoms with Crippen LogP contribution in [0.4, 0.5) is 0 Å². The Kier molecular flexibility index (Phi) is 4.41. The highest BCUT2D eigenvalue weighted by atomic mass is 31.2. The molecule has 0 bridgehead atoms. The summed E-state index contributed by atoms with van der Waals surface area (Å²) in [5.41, 5.74) is 3.90. The van der Waals surface area contributed by atoms with E-state index < -0.39 is 8.38 Å². The lowest BCUT2D eigenvalue weighted by Crippen LogP contribution is -2.55. The Hall–Kier alpha value is -3.46. The molecule has 0 saturated carbocycles. The number of aromatic nitrogens is 1. The Labute approximate surface area is 210 Å². The molecular formula is C31H26NO3P. The molecule has 0 radical (unpaired) electrons. The molecule has 178 valence electrons. The molecule has 7 rings (SSSR count). The zero-order valence-electron chi connectivity index (χ0n) is 20.7. The highest BCUT2D eigenvalue weighted by Gasteiger charge is 2.59. The van der Waals surface area contributed by atoms with Gasteiger partial charge in [0, 0.05) is 21.5 Å². The van der Waals surface area contributed by atoms with E-state index in [0.717, 1.165) is 54.8 Å². The maximum absolute atomic E-state index is 13.8. The summed E-state index contributed by atoms with van der Waals surface area (Å²) in [6.45, 7) is 8.60. The number of nitrogens with zero attached hydrogens (tertiary/aromatic N) is 1. The van der Waals surface area contributed by atoms with Crippen molar-refractivity contribution in [3.63, 3.8) is 0 Å². The molecule has 3 heterocycles. The minimum absolute atomic E-state index is 0.00608. The minimum Gasteiger partial charge on any atom is -0.447 e. The first-order valence-electron chi connectivity index (χ1n) is 12.3. The second-order valence-electron chi connectivity index (χ2n) is 10.7. The SMILES string of the molecule is CC1(C)OP(Oc2ccc3c(c2)c2cccc4c5cc(-c6ccccc6)ccc5c(=O)n3c42)C1(C)C. The van der Waals surface area contributed by atoms with E-state index in [1.807, 2.05) is 46.9 Å². The molecular weight excluding hydrogens is 465 g/mol. The Morgan fingerprint density at radius 3 is 2.19 bits per heavy atom. The summed E-state index contributed by atoms with van der Waals surface area (Å²) >= 11 is 0. The van der Waals surface area contributed by atoms with Crippen molar-refractivity contribution in [1.82, 2.24) is 4.40 Å². The predicted octanol–water partition coefficient (Wildman–Crippen LogP) is 8.14. The summed E-state index contributed by atoms with van der Waals surface area (Å²) in [7, 11) is -1.04. The first-order chi connectivity index (χ1) is 17.3. The van der Waals surface area contributed by atoms with Gasteiger partial charge in [-0.05, 0) is 74.5 Å². The van der Waals surface area contributed by atoms with E-state index in [4.69, 9.17) is 9.05 Å². The number of rotatable bonds is 3. The minimum atomic E-state index is -1.04. The van der Waals surface area contributed by atoms with Crippen molar-refractivity contribution in [1.29, 1.82) is 0 Å². The molecule has 2 aromatic heterocycles. The summed E-state index contributed by atoms with van der Waals surface area (Å²) in [5.74, 6) is 0.775. The highest BCUT2D eigenvalue weighted by Crippen LogP contribution is 2.69. The van der Waals surface area contributed by atoms with Gasteiger partial charge in [-0.1, -0.05) is 54.6 Å². The van der Waals surface area contributed by atoms with E-state index in [0.29, 0.717) is 0 Å². The van der Waals surface area contributed by atoms with Gasteiger partial charge in [-0.3, -0.25) is 9.20 Å². The highest BCUT2D eigenvalue weighted by molar-refractivity contribution is 7.51. The van der Waals surface area contributed by atoms with Gasteiger partial charge in [0.25, 0.3) is 5.56 Å². The third-order valence-corrected chi connectivity index (χ3v) is 10.5. The number of pyridine rings is 1. The van der Waals surface area contributed by atoms with Crippen LogP contribution < -0.4 is 10.1 Å². The van der Waals surface area contributed by atoms with Gasteiger partial charge in [0.2, 0.25) is 8.38 Å². The van der Waals surface area contributed by atoms with Gasteiger partial charge < -0.3 is 9.05 Å². The van der Waals surface area contributed by atoms with E-state index in [2.05, 4.69) is 70.2 Å². The average molecular weight is 492 g/mol. The van der Waals surface area contributed by atoms with Gasteiger partial charge in [-0.15, -0.1) is 0 Å². The molecule has 1 saturated heterocycles. The third-order valence-electron chi connectivity index (χ3n) is 8.04. The van der Waals surface area contributed by atoms with Gasteiger partial charge >= 0.3 is 0 Å². The summed E-state index contributed by atoms with van der Waals surface area (Å²) in [4.78, 5) is 13.8. The van der Waals surface area contributed by atoms with E-state index in [1.165, 1.54) is 0 Å². The van der Waals surface area contributed by atoms with Crippen LogP contribution in [-0.4, -0.2) is 15.2 Å². The molecule has 4 nitrogen and oxygen atoms in total. The van der Waals surface area contributed by atoms with Gasteiger partial charge in [0.15, 0.2) is 0 Å². The number of hydrogen-bond donors (Lipinski definition) is 0. The Bertz CT molecular complexity index is 1870. The Balaban J connectivity index is 1.45. The lowest BCUT2D eigenvalue weighted by Gasteiger charge is -2.55. The van der Waals surface area contributed by atoms with Crippen LogP contribution >= 0.6 is 8.38 Å². The van der Waals surface area contributed by atoms with Gasteiger partial charge in [-0.25, -0.2) is 0 Å². The molecule has 0 aliphatic carbocycles. The number of para-hydroxylation sites is 1. The van der Waals surface area contributed by atoms with Crippen LogP contribution in [0.15, 0.2) is 89.7 Å². The summed E-state index contributed by atoms with van der Waals surface area (Å²) in [5, 5.41) is 4.81. The molecule has 4 aromatic carbocycles. The van der Waals surface area contributed by atoms with Crippen LogP contribution in [-0.2, 0) is 4.52 Å². The smallest absolute Gasteiger partial charge is 0.263 e. The maximum atomic E-state index is 13.8. The fourth-order valence-corrected chi connectivity index (χ4v) is 7.06. The summed E-state index contributed by atoms with van der Waals surface area (Å²) in [6.07, 6.45) is 0. The lowest BCUT2D eigenvalue weighted by molar-refractivity contribution is 0.00610. The van der Waals surface area contributed by atoms with E-state index >= 15 is 0 Å². The lowest BCUT2D eigenvalue weighted by atomic mass is 9.93. The van der Waals surface area contributed by atoms with Gasteiger partial charge in [-0.2, -0.15) is 0 Å². The van der Waals surface area contributed by atoms with Crippen molar-refractivity contribution in [2.24, 2.45) is 0 Å². The zero-order valence-corrected chi connectivity index (χ0v) is 21.6. The molecule has 1 atom stereocenters. The van der Waals surface area contributed by atoms with Crippen LogP contribution in [0.2, 0.25) is 0 Å². The molecule has 1 fully saturated rings. The monoisotopic (exact) mass is 491 g/mol. The van der Waals surface area contributed by atoms with Crippen molar-refractivity contribution in [3.8, 4) is 16.9 Å². The second kappa shape index (κ2) is 7.29. The molecule has 1 aliphatic rings. The van der Waals surface area contributed by atoms with Crippen LogP contribution in [0.5, 0.6) is 5.75 Å². The van der Waals surface area contributed by atoms with Crippen molar-refractivity contribution in [2.75, 3.05) is 0 Å². The molecule has 5 heteroatoms. The maximum Gasteiger partial charge on any atom is 0.263 e. The molecule has 0 spiro atoms. The fourth-order valence-electron chi connectivity index (χ4n) is 5.26. The van der Waals surface area contributed by atoms with Crippen LogP contribution in [0.25, 0.3) is 49.1 Å². The van der Waals surface area contributed by atoms with E-state index in [1.54, 1.807) is 0 Å². The number of fused-ring (bicyclic) bond motifs is 5. The van der Waals surface area contributed by atoms with E-state index in [9.17, 15) is 4.79 Å². The van der Waals surface area contributed by atoms with Crippen molar-refractivity contribution >= 4 is 46.3 Å². The first kappa shape index (κ1) is 21.8. The number of benzene rings is 4.